The van der Waals surface area contributed by atoms with Gasteiger partial charge in [-0.25, -0.2) is 0 Å². The van der Waals surface area contributed by atoms with Gasteiger partial charge in [0.05, 0.1) is 11.0 Å². The predicted molar refractivity (Wildman–Crippen MR) is 274 cm³/mol. The van der Waals surface area contributed by atoms with Gasteiger partial charge < -0.3 is 14.4 Å². The van der Waals surface area contributed by atoms with Crippen LogP contribution in [0.25, 0.3) is 27.5 Å². The lowest BCUT2D eigenvalue weighted by molar-refractivity contribution is 1.18. The third-order valence-corrected chi connectivity index (χ3v) is 17.3. The molecule has 0 aliphatic carbocycles. The van der Waals surface area contributed by atoms with Crippen LogP contribution in [-0.4, -0.2) is 12.6 Å². The first-order valence-electron chi connectivity index (χ1n) is 21.9. The molecule has 0 spiro atoms. The maximum atomic E-state index is 2.46. The highest BCUT2D eigenvalue weighted by Crippen LogP contribution is 2.40. The SMILES string of the molecule is c1ccc(N(c2ccccc2)c2ccc([Si](c3ccccc3)(c3ccccc3)c3cccc(N(c4ccccc4)c4ccc5c6ccccc6n(-c6ccccc6)c5c4)c3)cc2)cc1. The predicted octanol–water partition coefficient (Wildman–Crippen LogP) is 13.1. The van der Waals surface area contributed by atoms with Gasteiger partial charge >= 0.3 is 0 Å². The molecule has 0 unspecified atom stereocenters. The van der Waals surface area contributed by atoms with Crippen LogP contribution in [0.15, 0.2) is 273 Å². The lowest BCUT2D eigenvalue weighted by Gasteiger charge is -2.36. The van der Waals surface area contributed by atoms with E-state index in [-0.39, 0.29) is 0 Å². The molecule has 10 aromatic carbocycles. The maximum Gasteiger partial charge on any atom is 0.179 e. The first-order valence-corrected chi connectivity index (χ1v) is 23.9. The first kappa shape index (κ1) is 38.7. The molecule has 11 aromatic rings. The molecule has 304 valence electrons. The monoisotopic (exact) mass is 835 g/mol. The van der Waals surface area contributed by atoms with E-state index in [1.54, 1.807) is 0 Å². The highest BCUT2D eigenvalue weighted by Gasteiger charge is 2.42. The summed E-state index contributed by atoms with van der Waals surface area (Å²) in [7, 11) is -2.96. The van der Waals surface area contributed by atoms with E-state index >= 15 is 0 Å². The van der Waals surface area contributed by atoms with Crippen LogP contribution in [0.3, 0.4) is 0 Å². The molecule has 4 heteroatoms. The van der Waals surface area contributed by atoms with Crippen molar-refractivity contribution in [3.05, 3.63) is 273 Å². The summed E-state index contributed by atoms with van der Waals surface area (Å²) < 4.78 is 2.40. The van der Waals surface area contributed by atoms with E-state index in [2.05, 4.69) is 287 Å². The molecule has 1 aromatic heterocycles. The Bertz CT molecular complexity index is 3220. The Morgan fingerprint density at radius 2 is 0.625 bits per heavy atom. The first-order chi connectivity index (χ1) is 31.8. The van der Waals surface area contributed by atoms with Crippen LogP contribution in [0.2, 0.25) is 0 Å². The fourth-order valence-electron chi connectivity index (χ4n) is 9.69. The second-order valence-electron chi connectivity index (χ2n) is 16.1. The van der Waals surface area contributed by atoms with Gasteiger partial charge in [0.15, 0.2) is 8.07 Å². The lowest BCUT2D eigenvalue weighted by atomic mass is 10.1. The molecule has 0 radical (unpaired) electrons. The van der Waals surface area contributed by atoms with Gasteiger partial charge in [-0.2, -0.15) is 0 Å². The maximum absolute atomic E-state index is 2.96. The van der Waals surface area contributed by atoms with E-state index in [4.69, 9.17) is 0 Å². The van der Waals surface area contributed by atoms with Crippen molar-refractivity contribution in [1.82, 2.24) is 4.57 Å². The second kappa shape index (κ2) is 16.9. The van der Waals surface area contributed by atoms with Crippen molar-refractivity contribution in [2.45, 2.75) is 0 Å². The van der Waals surface area contributed by atoms with E-state index in [0.29, 0.717) is 0 Å². The van der Waals surface area contributed by atoms with Crippen molar-refractivity contribution >= 4 is 84.8 Å². The number of anilines is 6. The fraction of sp³-hybridized carbons (Fsp3) is 0. The van der Waals surface area contributed by atoms with Gasteiger partial charge in [-0.05, 0) is 112 Å². The Morgan fingerprint density at radius 1 is 0.250 bits per heavy atom. The van der Waals surface area contributed by atoms with Crippen molar-refractivity contribution in [2.24, 2.45) is 0 Å². The summed E-state index contributed by atoms with van der Waals surface area (Å²) in [4.78, 5) is 4.76. The normalized spacial score (nSPS) is 11.4. The number of aromatic nitrogens is 1. The highest BCUT2D eigenvalue weighted by atomic mass is 28.3. The molecule has 0 atom stereocenters. The zero-order chi connectivity index (χ0) is 42.7. The summed E-state index contributed by atoms with van der Waals surface area (Å²) >= 11 is 0. The molecule has 0 fully saturated rings. The van der Waals surface area contributed by atoms with Crippen LogP contribution in [-0.2, 0) is 0 Å². The number of hydrogen-bond donors (Lipinski definition) is 0. The molecular weight excluding hydrogens is 791 g/mol. The van der Waals surface area contributed by atoms with Crippen LogP contribution in [0.1, 0.15) is 0 Å². The van der Waals surface area contributed by atoms with Gasteiger partial charge in [0.1, 0.15) is 0 Å². The van der Waals surface area contributed by atoms with E-state index < -0.39 is 8.07 Å². The molecule has 3 nitrogen and oxygen atoms in total. The number of para-hydroxylation sites is 5. The standard InChI is InChI=1S/C60H45N3Si/c1-7-22-46(23-8-1)61(47-24-9-2-10-25-47)50-38-41-55(42-39-50)64(53-31-15-5-16-32-53,54-33-17-6-18-34-54)56-35-21-30-51(44-56)62(48-26-11-3-12-27-48)52-40-43-58-57-36-19-20-37-59(57)63(60(58)45-52)49-28-13-4-14-29-49/h1-45H. The van der Waals surface area contributed by atoms with Crippen LogP contribution in [0.4, 0.5) is 34.1 Å². The molecule has 64 heavy (non-hydrogen) atoms. The van der Waals surface area contributed by atoms with Gasteiger partial charge in [0.2, 0.25) is 0 Å². The number of rotatable bonds is 11. The average Bonchev–Trinajstić information content (AvgIpc) is 3.71. The van der Waals surface area contributed by atoms with E-state index in [1.807, 2.05) is 0 Å². The van der Waals surface area contributed by atoms with Crippen LogP contribution in [0, 0.1) is 0 Å². The van der Waals surface area contributed by atoms with Crippen molar-refractivity contribution in [3.63, 3.8) is 0 Å². The van der Waals surface area contributed by atoms with Crippen molar-refractivity contribution < 1.29 is 0 Å². The zero-order valence-corrected chi connectivity index (χ0v) is 36.3. The molecule has 0 amide bonds. The third-order valence-electron chi connectivity index (χ3n) is 12.5. The number of hydrogen-bond acceptors (Lipinski definition) is 2. The van der Waals surface area contributed by atoms with E-state index in [1.165, 1.54) is 42.6 Å². The Balaban J connectivity index is 1.12. The summed E-state index contributed by atoms with van der Waals surface area (Å²) in [6.45, 7) is 0. The van der Waals surface area contributed by atoms with E-state index in [9.17, 15) is 0 Å². The molecule has 1 heterocycles. The largest absolute Gasteiger partial charge is 0.311 e. The summed E-state index contributed by atoms with van der Waals surface area (Å²) in [5.74, 6) is 0. The summed E-state index contributed by atoms with van der Waals surface area (Å²) in [5.41, 5.74) is 10.1. The number of nitrogens with zero attached hydrogens (tertiary/aromatic N) is 3. The summed E-state index contributed by atoms with van der Waals surface area (Å²) in [6, 6.07) is 99.6. The van der Waals surface area contributed by atoms with Crippen LogP contribution >= 0.6 is 0 Å². The lowest BCUT2D eigenvalue weighted by Crippen LogP contribution is -2.74. The minimum Gasteiger partial charge on any atom is -0.311 e. The van der Waals surface area contributed by atoms with Gasteiger partial charge in [0, 0.05) is 50.6 Å². The Kier molecular flexibility index (Phi) is 10.2. The minimum atomic E-state index is -2.96. The third kappa shape index (κ3) is 6.87. The quantitative estimate of drug-likeness (QED) is 0.0950. The Hall–Kier alpha value is -8.18. The van der Waals surface area contributed by atoms with Gasteiger partial charge in [-0.1, -0.05) is 182 Å². The summed E-state index contributed by atoms with van der Waals surface area (Å²) in [6.07, 6.45) is 0. The number of fused-ring (bicyclic) bond motifs is 3. The van der Waals surface area contributed by atoms with Crippen molar-refractivity contribution in [2.75, 3.05) is 9.80 Å². The van der Waals surface area contributed by atoms with Gasteiger partial charge in [0.25, 0.3) is 0 Å². The van der Waals surface area contributed by atoms with Crippen LogP contribution in [0.5, 0.6) is 0 Å². The Labute approximate surface area is 376 Å². The molecule has 0 bridgehead atoms. The second-order valence-corrected chi connectivity index (χ2v) is 20.0. The minimum absolute atomic E-state index is 1.09. The van der Waals surface area contributed by atoms with Crippen molar-refractivity contribution in [1.29, 1.82) is 0 Å². The molecule has 0 aliphatic rings. The van der Waals surface area contributed by atoms with Crippen molar-refractivity contribution in [3.8, 4) is 5.69 Å². The Morgan fingerprint density at radius 3 is 1.19 bits per heavy atom. The molecule has 11 rings (SSSR count). The molecular formula is C60H45N3Si. The summed E-state index contributed by atoms with van der Waals surface area (Å²) in [5, 5.41) is 7.74. The molecule has 0 aliphatic heterocycles. The number of benzene rings is 10. The average molecular weight is 836 g/mol. The van der Waals surface area contributed by atoms with E-state index in [0.717, 1.165) is 39.8 Å². The molecule has 0 saturated heterocycles. The van der Waals surface area contributed by atoms with Crippen LogP contribution < -0.4 is 30.5 Å². The molecule has 0 N–H and O–H groups in total. The molecule has 0 saturated carbocycles. The smallest absolute Gasteiger partial charge is 0.179 e. The highest BCUT2D eigenvalue weighted by molar-refractivity contribution is 7.20. The zero-order valence-electron chi connectivity index (χ0n) is 35.3. The van der Waals surface area contributed by atoms with Gasteiger partial charge in [-0.15, -0.1) is 0 Å². The fourth-order valence-corrected chi connectivity index (χ4v) is 14.5. The van der Waals surface area contributed by atoms with Gasteiger partial charge in [-0.3, -0.25) is 0 Å². The topological polar surface area (TPSA) is 11.4 Å².